The van der Waals surface area contributed by atoms with Gasteiger partial charge in [0, 0.05) is 37.0 Å². The SMILES string of the molecule is COc1cc(OC)cc(OCC(=O)Nc2ccc(OC3CCN(C)CC3)cc2)c1. The zero-order valence-electron chi connectivity index (χ0n) is 17.1. The van der Waals surface area contributed by atoms with Crippen LogP contribution in [0, 0.1) is 0 Å². The van der Waals surface area contributed by atoms with Gasteiger partial charge in [-0.2, -0.15) is 0 Å². The van der Waals surface area contributed by atoms with Crippen LogP contribution in [0.25, 0.3) is 0 Å². The third kappa shape index (κ3) is 6.29. The van der Waals surface area contributed by atoms with Gasteiger partial charge in [0.1, 0.15) is 29.1 Å². The van der Waals surface area contributed by atoms with E-state index in [1.807, 2.05) is 24.3 Å². The Morgan fingerprint density at radius 3 is 2.14 bits per heavy atom. The molecule has 0 saturated carbocycles. The van der Waals surface area contributed by atoms with Crippen molar-refractivity contribution in [2.75, 3.05) is 46.3 Å². The summed E-state index contributed by atoms with van der Waals surface area (Å²) in [6.45, 7) is 1.99. The fraction of sp³-hybridized carbons (Fsp3) is 0.409. The van der Waals surface area contributed by atoms with Gasteiger partial charge in [-0.1, -0.05) is 0 Å². The molecule has 1 heterocycles. The van der Waals surface area contributed by atoms with Crippen molar-refractivity contribution >= 4 is 11.6 Å². The molecule has 1 fully saturated rings. The maximum atomic E-state index is 12.2. The highest BCUT2D eigenvalue weighted by Gasteiger charge is 2.18. The summed E-state index contributed by atoms with van der Waals surface area (Å²) in [6.07, 6.45) is 2.31. The van der Waals surface area contributed by atoms with Crippen LogP contribution in [-0.4, -0.2) is 57.9 Å². The van der Waals surface area contributed by atoms with Crippen molar-refractivity contribution in [1.82, 2.24) is 4.90 Å². The third-order valence-electron chi connectivity index (χ3n) is 4.80. The number of carbonyl (C=O) groups is 1. The van der Waals surface area contributed by atoms with Crippen LogP contribution < -0.4 is 24.3 Å². The first kappa shape index (κ1) is 20.8. The second-order valence-electron chi connectivity index (χ2n) is 7.03. The van der Waals surface area contributed by atoms with Crippen molar-refractivity contribution in [1.29, 1.82) is 0 Å². The Hall–Kier alpha value is -2.93. The van der Waals surface area contributed by atoms with E-state index in [0.29, 0.717) is 22.9 Å². The molecule has 1 saturated heterocycles. The largest absolute Gasteiger partial charge is 0.496 e. The van der Waals surface area contributed by atoms with Crippen LogP contribution in [-0.2, 0) is 4.79 Å². The van der Waals surface area contributed by atoms with Gasteiger partial charge < -0.3 is 29.2 Å². The van der Waals surface area contributed by atoms with E-state index < -0.39 is 0 Å². The lowest BCUT2D eigenvalue weighted by molar-refractivity contribution is -0.118. The van der Waals surface area contributed by atoms with E-state index in [2.05, 4.69) is 17.3 Å². The molecular weight excluding hydrogens is 372 g/mol. The number of benzene rings is 2. The highest BCUT2D eigenvalue weighted by atomic mass is 16.5. The van der Waals surface area contributed by atoms with Gasteiger partial charge in [-0.05, 0) is 44.2 Å². The van der Waals surface area contributed by atoms with Gasteiger partial charge in [0.15, 0.2) is 6.61 Å². The van der Waals surface area contributed by atoms with Gasteiger partial charge >= 0.3 is 0 Å². The van der Waals surface area contributed by atoms with Crippen molar-refractivity contribution in [2.24, 2.45) is 0 Å². The lowest BCUT2D eigenvalue weighted by Gasteiger charge is -2.29. The monoisotopic (exact) mass is 400 g/mol. The number of ether oxygens (including phenoxy) is 4. The van der Waals surface area contributed by atoms with Crippen LogP contribution in [0.1, 0.15) is 12.8 Å². The molecule has 3 rings (SSSR count). The summed E-state index contributed by atoms with van der Waals surface area (Å²) in [7, 11) is 5.25. The lowest BCUT2D eigenvalue weighted by Crippen LogP contribution is -2.35. The van der Waals surface area contributed by atoms with Crippen LogP contribution >= 0.6 is 0 Å². The van der Waals surface area contributed by atoms with E-state index in [0.717, 1.165) is 31.7 Å². The number of carbonyl (C=O) groups excluding carboxylic acids is 1. The van der Waals surface area contributed by atoms with Crippen LogP contribution in [0.5, 0.6) is 23.0 Å². The summed E-state index contributed by atoms with van der Waals surface area (Å²) < 4.78 is 22.0. The number of amides is 1. The highest BCUT2D eigenvalue weighted by molar-refractivity contribution is 5.91. The quantitative estimate of drug-likeness (QED) is 0.734. The van der Waals surface area contributed by atoms with Crippen LogP contribution in [0.15, 0.2) is 42.5 Å². The number of hydrogen-bond donors (Lipinski definition) is 1. The fourth-order valence-electron chi connectivity index (χ4n) is 3.12. The first-order chi connectivity index (χ1) is 14.1. The molecule has 0 radical (unpaired) electrons. The second kappa shape index (κ2) is 10.0. The second-order valence-corrected chi connectivity index (χ2v) is 7.03. The van der Waals surface area contributed by atoms with E-state index >= 15 is 0 Å². The van der Waals surface area contributed by atoms with E-state index in [-0.39, 0.29) is 18.6 Å². The maximum absolute atomic E-state index is 12.2. The van der Waals surface area contributed by atoms with E-state index in [4.69, 9.17) is 18.9 Å². The number of likely N-dealkylation sites (tertiary alicyclic amines) is 1. The molecular formula is C22H28N2O5. The molecule has 0 spiro atoms. The summed E-state index contributed by atoms with van der Waals surface area (Å²) in [5.74, 6) is 2.26. The average Bonchev–Trinajstić information content (AvgIpc) is 2.75. The standard InChI is InChI=1S/C22H28N2O5/c1-24-10-8-18(9-11-24)29-17-6-4-16(5-7-17)23-22(25)15-28-21-13-19(26-2)12-20(14-21)27-3/h4-7,12-14,18H,8-11,15H2,1-3H3,(H,23,25). The van der Waals surface area contributed by atoms with Crippen molar-refractivity contribution in [3.63, 3.8) is 0 Å². The molecule has 1 aliphatic heterocycles. The molecule has 7 heteroatoms. The first-order valence-electron chi connectivity index (χ1n) is 9.66. The Balaban J connectivity index is 1.48. The van der Waals surface area contributed by atoms with Gasteiger partial charge in [0.2, 0.25) is 0 Å². The van der Waals surface area contributed by atoms with Gasteiger partial charge in [-0.3, -0.25) is 4.79 Å². The molecule has 2 aromatic rings. The van der Waals surface area contributed by atoms with Crippen LogP contribution in [0.3, 0.4) is 0 Å². The van der Waals surface area contributed by atoms with Crippen molar-refractivity contribution in [3.8, 4) is 23.0 Å². The van der Waals surface area contributed by atoms with Gasteiger partial charge in [-0.15, -0.1) is 0 Å². The molecule has 0 aliphatic carbocycles. The number of rotatable bonds is 8. The van der Waals surface area contributed by atoms with Gasteiger partial charge in [-0.25, -0.2) is 0 Å². The molecule has 1 N–H and O–H groups in total. The maximum Gasteiger partial charge on any atom is 0.262 e. The number of nitrogens with zero attached hydrogens (tertiary/aromatic N) is 1. The predicted octanol–water partition coefficient (Wildman–Crippen LogP) is 3.19. The summed E-state index contributed by atoms with van der Waals surface area (Å²) in [5, 5.41) is 2.82. The molecule has 7 nitrogen and oxygen atoms in total. The van der Waals surface area contributed by atoms with Gasteiger partial charge in [0.05, 0.1) is 14.2 Å². The normalized spacial score (nSPS) is 14.9. The summed E-state index contributed by atoms with van der Waals surface area (Å²) in [5.41, 5.74) is 0.692. The van der Waals surface area contributed by atoms with E-state index in [9.17, 15) is 4.79 Å². The van der Waals surface area contributed by atoms with E-state index in [1.54, 1.807) is 32.4 Å². The molecule has 0 unspecified atom stereocenters. The Bertz CT molecular complexity index is 779. The van der Waals surface area contributed by atoms with E-state index in [1.165, 1.54) is 0 Å². The summed E-state index contributed by atoms with van der Waals surface area (Å²) in [6, 6.07) is 12.6. The zero-order chi connectivity index (χ0) is 20.6. The Labute approximate surface area is 171 Å². The highest BCUT2D eigenvalue weighted by Crippen LogP contribution is 2.27. The Morgan fingerprint density at radius 1 is 0.966 bits per heavy atom. The molecule has 29 heavy (non-hydrogen) atoms. The van der Waals surface area contributed by atoms with Crippen LogP contribution in [0.2, 0.25) is 0 Å². The fourth-order valence-corrected chi connectivity index (χ4v) is 3.12. The minimum atomic E-state index is -0.254. The molecule has 0 bridgehead atoms. The third-order valence-corrected chi connectivity index (χ3v) is 4.80. The topological polar surface area (TPSA) is 69.3 Å². The lowest BCUT2D eigenvalue weighted by atomic mass is 10.1. The van der Waals surface area contributed by atoms with Gasteiger partial charge in [0.25, 0.3) is 5.91 Å². The summed E-state index contributed by atoms with van der Waals surface area (Å²) in [4.78, 5) is 14.5. The zero-order valence-corrected chi connectivity index (χ0v) is 17.1. The van der Waals surface area contributed by atoms with Crippen LogP contribution in [0.4, 0.5) is 5.69 Å². The number of methoxy groups -OCH3 is 2. The molecule has 1 amide bonds. The number of hydrogen-bond acceptors (Lipinski definition) is 6. The molecule has 156 valence electrons. The molecule has 1 aliphatic rings. The molecule has 0 aromatic heterocycles. The average molecular weight is 400 g/mol. The van der Waals surface area contributed by atoms with Crippen molar-refractivity contribution in [3.05, 3.63) is 42.5 Å². The first-order valence-corrected chi connectivity index (χ1v) is 9.66. The number of nitrogens with one attached hydrogen (secondary N) is 1. The predicted molar refractivity (Wildman–Crippen MR) is 111 cm³/mol. The number of anilines is 1. The Morgan fingerprint density at radius 2 is 1.55 bits per heavy atom. The summed E-state index contributed by atoms with van der Waals surface area (Å²) >= 11 is 0. The smallest absolute Gasteiger partial charge is 0.262 e. The molecule has 2 aromatic carbocycles. The minimum Gasteiger partial charge on any atom is -0.496 e. The minimum absolute atomic E-state index is 0.121. The number of piperidine rings is 1. The Kier molecular flexibility index (Phi) is 7.19. The van der Waals surface area contributed by atoms with Crippen molar-refractivity contribution < 1.29 is 23.7 Å². The molecule has 0 atom stereocenters. The van der Waals surface area contributed by atoms with Crippen molar-refractivity contribution in [2.45, 2.75) is 18.9 Å².